The summed E-state index contributed by atoms with van der Waals surface area (Å²) in [5.74, 6) is 0. The highest BCUT2D eigenvalue weighted by Gasteiger charge is 1.94. The van der Waals surface area contributed by atoms with Crippen molar-refractivity contribution in [3.8, 4) is 11.1 Å². The molecule has 0 saturated carbocycles. The maximum absolute atomic E-state index is 3.42. The van der Waals surface area contributed by atoms with Crippen molar-refractivity contribution in [1.29, 1.82) is 0 Å². The Labute approximate surface area is 118 Å². The lowest BCUT2D eigenvalue weighted by Crippen LogP contribution is -2.09. The maximum atomic E-state index is 3.42. The van der Waals surface area contributed by atoms with Crippen molar-refractivity contribution in [1.82, 2.24) is 5.32 Å². The molecular weight excluding hydrogens is 286 g/mol. The smallest absolute Gasteiger partial charge is 0.0175 e. The molecule has 0 aliphatic carbocycles. The second kappa shape index (κ2) is 8.90. The summed E-state index contributed by atoms with van der Waals surface area (Å²) in [5, 5.41) is 3.11. The fourth-order valence-electron chi connectivity index (χ4n) is 1.52. The normalized spacial score (nSPS) is 9.50. The standard InChI is InChI=1S/C12H9Br.C4H11N/c13-12-8-6-11(7-9-12)10-4-2-1-3-5-10;1-3-5-4-2/h1-9H;5H,3-4H2,1-2H3. The molecule has 96 valence electrons. The van der Waals surface area contributed by atoms with Crippen molar-refractivity contribution in [2.24, 2.45) is 0 Å². The van der Waals surface area contributed by atoms with Gasteiger partial charge in [-0.3, -0.25) is 0 Å². The van der Waals surface area contributed by atoms with Crippen LogP contribution in [0.2, 0.25) is 0 Å². The Bertz CT molecular complexity index is 421. The summed E-state index contributed by atoms with van der Waals surface area (Å²) in [6.45, 7) is 6.39. The number of hydrogen-bond acceptors (Lipinski definition) is 1. The fraction of sp³-hybridized carbons (Fsp3) is 0.250. The molecule has 2 aromatic carbocycles. The van der Waals surface area contributed by atoms with Gasteiger partial charge in [0.2, 0.25) is 0 Å². The Balaban J connectivity index is 0.000000280. The minimum atomic E-state index is 1.09. The first kappa shape index (κ1) is 14.9. The second-order valence-corrected chi connectivity index (χ2v) is 4.75. The van der Waals surface area contributed by atoms with Gasteiger partial charge in [-0.2, -0.15) is 0 Å². The molecular formula is C16H20BrN. The Morgan fingerprint density at radius 3 is 1.72 bits per heavy atom. The monoisotopic (exact) mass is 305 g/mol. The lowest BCUT2D eigenvalue weighted by molar-refractivity contribution is 0.762. The van der Waals surface area contributed by atoms with Crippen LogP contribution in [0.1, 0.15) is 13.8 Å². The highest BCUT2D eigenvalue weighted by atomic mass is 79.9. The van der Waals surface area contributed by atoms with E-state index in [0.29, 0.717) is 0 Å². The minimum absolute atomic E-state index is 1.09. The summed E-state index contributed by atoms with van der Waals surface area (Å²) in [7, 11) is 0. The third-order valence-corrected chi connectivity index (χ3v) is 2.98. The molecule has 0 spiro atoms. The van der Waals surface area contributed by atoms with Gasteiger partial charge in [0, 0.05) is 4.47 Å². The first-order valence-electron chi connectivity index (χ1n) is 6.29. The van der Waals surface area contributed by atoms with E-state index in [4.69, 9.17) is 0 Å². The number of halogens is 1. The second-order valence-electron chi connectivity index (χ2n) is 3.83. The predicted octanol–water partition coefficient (Wildman–Crippen LogP) is 4.73. The quantitative estimate of drug-likeness (QED) is 0.864. The van der Waals surface area contributed by atoms with Crippen molar-refractivity contribution in [2.45, 2.75) is 13.8 Å². The van der Waals surface area contributed by atoms with Crippen molar-refractivity contribution in [2.75, 3.05) is 13.1 Å². The van der Waals surface area contributed by atoms with Crippen LogP contribution >= 0.6 is 15.9 Å². The van der Waals surface area contributed by atoms with Crippen LogP contribution in [0.4, 0.5) is 0 Å². The van der Waals surface area contributed by atoms with Gasteiger partial charge in [-0.25, -0.2) is 0 Å². The van der Waals surface area contributed by atoms with Gasteiger partial charge in [0.05, 0.1) is 0 Å². The molecule has 0 aliphatic heterocycles. The molecule has 0 radical (unpaired) electrons. The topological polar surface area (TPSA) is 12.0 Å². The zero-order valence-corrected chi connectivity index (χ0v) is 12.6. The van der Waals surface area contributed by atoms with E-state index in [1.165, 1.54) is 11.1 Å². The van der Waals surface area contributed by atoms with Crippen LogP contribution in [0, 0.1) is 0 Å². The number of hydrogen-bond donors (Lipinski definition) is 1. The van der Waals surface area contributed by atoms with E-state index >= 15 is 0 Å². The summed E-state index contributed by atoms with van der Waals surface area (Å²) in [4.78, 5) is 0. The zero-order valence-electron chi connectivity index (χ0n) is 11.0. The molecule has 0 heterocycles. The summed E-state index contributed by atoms with van der Waals surface area (Å²) < 4.78 is 1.12. The highest BCUT2D eigenvalue weighted by Crippen LogP contribution is 2.20. The van der Waals surface area contributed by atoms with Crippen LogP contribution in [0.25, 0.3) is 11.1 Å². The SMILES string of the molecule is Brc1ccc(-c2ccccc2)cc1.CCNCC. The molecule has 1 N–H and O–H groups in total. The van der Waals surface area contributed by atoms with Crippen LogP contribution in [-0.2, 0) is 0 Å². The summed E-state index contributed by atoms with van der Waals surface area (Å²) in [5.41, 5.74) is 2.51. The van der Waals surface area contributed by atoms with Crippen LogP contribution in [0.3, 0.4) is 0 Å². The molecule has 0 fully saturated rings. The molecule has 18 heavy (non-hydrogen) atoms. The highest BCUT2D eigenvalue weighted by molar-refractivity contribution is 9.10. The van der Waals surface area contributed by atoms with E-state index in [1.54, 1.807) is 0 Å². The van der Waals surface area contributed by atoms with Crippen molar-refractivity contribution in [3.63, 3.8) is 0 Å². The van der Waals surface area contributed by atoms with E-state index in [9.17, 15) is 0 Å². The lowest BCUT2D eigenvalue weighted by Gasteiger charge is -2.00. The first-order chi connectivity index (χ1) is 8.77. The molecule has 0 atom stereocenters. The molecule has 2 aromatic rings. The average Bonchev–Trinajstić information content (AvgIpc) is 2.42. The Morgan fingerprint density at radius 1 is 0.778 bits per heavy atom. The van der Waals surface area contributed by atoms with Crippen LogP contribution < -0.4 is 5.32 Å². The zero-order chi connectivity index (χ0) is 13.2. The molecule has 0 unspecified atom stereocenters. The summed E-state index contributed by atoms with van der Waals surface area (Å²) in [6, 6.07) is 18.7. The Hall–Kier alpha value is -1.12. The first-order valence-corrected chi connectivity index (χ1v) is 7.09. The molecule has 0 aromatic heterocycles. The largest absolute Gasteiger partial charge is 0.317 e. The summed E-state index contributed by atoms with van der Waals surface area (Å²) in [6.07, 6.45) is 0. The van der Waals surface area contributed by atoms with Gasteiger partial charge in [-0.15, -0.1) is 0 Å². The minimum Gasteiger partial charge on any atom is -0.317 e. The van der Waals surface area contributed by atoms with Gasteiger partial charge in [-0.05, 0) is 36.3 Å². The average molecular weight is 306 g/mol. The van der Waals surface area contributed by atoms with Gasteiger partial charge in [-0.1, -0.05) is 72.2 Å². The number of benzene rings is 2. The van der Waals surface area contributed by atoms with Gasteiger partial charge in [0.25, 0.3) is 0 Å². The molecule has 0 aliphatic rings. The van der Waals surface area contributed by atoms with Gasteiger partial charge in [0.1, 0.15) is 0 Å². The van der Waals surface area contributed by atoms with Gasteiger partial charge < -0.3 is 5.32 Å². The molecule has 2 rings (SSSR count). The lowest BCUT2D eigenvalue weighted by atomic mass is 10.1. The van der Waals surface area contributed by atoms with Gasteiger partial charge in [0.15, 0.2) is 0 Å². The maximum Gasteiger partial charge on any atom is 0.0175 e. The van der Waals surface area contributed by atoms with Gasteiger partial charge >= 0.3 is 0 Å². The van der Waals surface area contributed by atoms with Crippen LogP contribution in [-0.4, -0.2) is 13.1 Å². The van der Waals surface area contributed by atoms with Crippen molar-refractivity contribution >= 4 is 15.9 Å². The Morgan fingerprint density at radius 2 is 1.28 bits per heavy atom. The van der Waals surface area contributed by atoms with E-state index in [0.717, 1.165) is 17.6 Å². The third-order valence-electron chi connectivity index (χ3n) is 2.45. The number of nitrogens with one attached hydrogen (secondary N) is 1. The fourth-order valence-corrected chi connectivity index (χ4v) is 1.79. The van der Waals surface area contributed by atoms with E-state index in [2.05, 4.69) is 83.6 Å². The van der Waals surface area contributed by atoms with Crippen LogP contribution in [0.15, 0.2) is 59.1 Å². The summed E-state index contributed by atoms with van der Waals surface area (Å²) >= 11 is 3.42. The molecule has 0 amide bonds. The molecule has 2 heteroatoms. The van der Waals surface area contributed by atoms with Crippen molar-refractivity contribution in [3.05, 3.63) is 59.1 Å². The molecule has 1 nitrogen and oxygen atoms in total. The molecule has 0 bridgehead atoms. The third kappa shape index (κ3) is 5.48. The van der Waals surface area contributed by atoms with E-state index in [-0.39, 0.29) is 0 Å². The molecule has 0 saturated heterocycles. The number of rotatable bonds is 3. The van der Waals surface area contributed by atoms with Crippen molar-refractivity contribution < 1.29 is 0 Å². The van der Waals surface area contributed by atoms with Crippen LogP contribution in [0.5, 0.6) is 0 Å². The van der Waals surface area contributed by atoms with E-state index < -0.39 is 0 Å². The Kier molecular flexibility index (Phi) is 7.38. The van der Waals surface area contributed by atoms with E-state index in [1.807, 2.05) is 6.07 Å². The predicted molar refractivity (Wildman–Crippen MR) is 83.8 cm³/mol.